The van der Waals surface area contributed by atoms with E-state index in [1.165, 1.54) is 0 Å². The van der Waals surface area contributed by atoms with Crippen LogP contribution in [-0.4, -0.2) is 30.2 Å². The lowest BCUT2D eigenvalue weighted by Gasteiger charge is -2.22. The molecule has 0 spiro atoms. The van der Waals surface area contributed by atoms with Gasteiger partial charge < -0.3 is 20.7 Å². The Morgan fingerprint density at radius 2 is 1.91 bits per heavy atom. The number of alkyl carbamates (subject to hydrolysis) is 1. The Morgan fingerprint density at radius 3 is 2.48 bits per heavy atom. The Labute approximate surface area is 145 Å². The third kappa shape index (κ3) is 6.90. The van der Waals surface area contributed by atoms with E-state index in [1.54, 1.807) is 33.8 Å². The van der Waals surface area contributed by atoms with E-state index >= 15 is 0 Å². The summed E-state index contributed by atoms with van der Waals surface area (Å²) in [6.45, 7) is 9.60. The minimum atomic E-state index is -0.719. The van der Waals surface area contributed by atoms with Crippen molar-refractivity contribution >= 4 is 39.3 Å². The quantitative estimate of drug-likeness (QED) is 0.721. The SMILES string of the molecule is CCNc1cc(Br)ccc1NC(=O)[C@@H](C)NC(=O)OC(C)(C)C. The van der Waals surface area contributed by atoms with E-state index in [1.807, 2.05) is 19.1 Å². The van der Waals surface area contributed by atoms with Gasteiger partial charge in [0.05, 0.1) is 11.4 Å². The van der Waals surface area contributed by atoms with Gasteiger partial charge in [-0.1, -0.05) is 15.9 Å². The smallest absolute Gasteiger partial charge is 0.408 e. The molecule has 0 aromatic heterocycles. The van der Waals surface area contributed by atoms with Crippen molar-refractivity contribution < 1.29 is 14.3 Å². The number of anilines is 2. The molecule has 1 rings (SSSR count). The molecule has 0 saturated heterocycles. The Bertz CT molecular complexity index is 570. The van der Waals surface area contributed by atoms with Gasteiger partial charge in [-0.15, -0.1) is 0 Å². The number of carbonyl (C=O) groups is 2. The van der Waals surface area contributed by atoms with Crippen LogP contribution in [0.4, 0.5) is 16.2 Å². The number of hydrogen-bond acceptors (Lipinski definition) is 4. The zero-order valence-corrected chi connectivity index (χ0v) is 15.7. The second-order valence-electron chi connectivity index (χ2n) is 6.08. The number of amides is 2. The highest BCUT2D eigenvalue weighted by Gasteiger charge is 2.21. The second-order valence-corrected chi connectivity index (χ2v) is 6.99. The van der Waals surface area contributed by atoms with E-state index in [0.29, 0.717) is 5.69 Å². The first-order chi connectivity index (χ1) is 10.6. The fourth-order valence-corrected chi connectivity index (χ4v) is 2.11. The normalized spacial score (nSPS) is 12.3. The molecular weight excluding hydrogens is 362 g/mol. The van der Waals surface area contributed by atoms with E-state index in [0.717, 1.165) is 16.7 Å². The Morgan fingerprint density at radius 1 is 1.26 bits per heavy atom. The monoisotopic (exact) mass is 385 g/mol. The van der Waals surface area contributed by atoms with Gasteiger partial charge in [0.1, 0.15) is 11.6 Å². The molecule has 128 valence electrons. The number of hydrogen-bond donors (Lipinski definition) is 3. The molecule has 1 atom stereocenters. The van der Waals surface area contributed by atoms with Gasteiger partial charge in [-0.3, -0.25) is 4.79 Å². The molecule has 1 aromatic carbocycles. The summed E-state index contributed by atoms with van der Waals surface area (Å²) < 4.78 is 6.05. The number of ether oxygens (including phenoxy) is 1. The molecule has 0 bridgehead atoms. The topological polar surface area (TPSA) is 79.5 Å². The maximum absolute atomic E-state index is 12.2. The van der Waals surface area contributed by atoms with Crippen molar-refractivity contribution in [3.63, 3.8) is 0 Å². The maximum atomic E-state index is 12.2. The minimum absolute atomic E-state index is 0.322. The largest absolute Gasteiger partial charge is 0.444 e. The van der Waals surface area contributed by atoms with Gasteiger partial charge in [0, 0.05) is 11.0 Å². The molecule has 0 saturated carbocycles. The molecule has 6 nitrogen and oxygen atoms in total. The summed E-state index contributed by atoms with van der Waals surface area (Å²) in [7, 11) is 0. The molecule has 0 radical (unpaired) electrons. The van der Waals surface area contributed by atoms with Gasteiger partial charge in [0.15, 0.2) is 0 Å². The van der Waals surface area contributed by atoms with E-state index in [2.05, 4.69) is 31.9 Å². The summed E-state index contributed by atoms with van der Waals surface area (Å²) in [5.74, 6) is -0.322. The van der Waals surface area contributed by atoms with Crippen LogP contribution in [0.15, 0.2) is 22.7 Å². The van der Waals surface area contributed by atoms with E-state index in [9.17, 15) is 9.59 Å². The predicted molar refractivity (Wildman–Crippen MR) is 95.8 cm³/mol. The highest BCUT2D eigenvalue weighted by Crippen LogP contribution is 2.26. The molecule has 0 heterocycles. The number of rotatable bonds is 5. The van der Waals surface area contributed by atoms with Gasteiger partial charge in [-0.2, -0.15) is 0 Å². The van der Waals surface area contributed by atoms with Gasteiger partial charge >= 0.3 is 6.09 Å². The summed E-state index contributed by atoms with van der Waals surface area (Å²) in [5.41, 5.74) is 0.849. The Balaban J connectivity index is 2.70. The standard InChI is InChI=1S/C16H24BrN3O3/c1-6-18-13-9-11(17)7-8-12(13)20-14(21)10(2)19-15(22)23-16(3,4)5/h7-10,18H,6H2,1-5H3,(H,19,22)(H,20,21)/t10-/m1/s1. The highest BCUT2D eigenvalue weighted by atomic mass is 79.9. The third-order valence-corrected chi connectivity index (χ3v) is 3.23. The molecular formula is C16H24BrN3O3. The van der Waals surface area contributed by atoms with Crippen molar-refractivity contribution in [1.82, 2.24) is 5.32 Å². The van der Waals surface area contributed by atoms with Crippen LogP contribution in [0.25, 0.3) is 0 Å². The van der Waals surface area contributed by atoms with Crippen LogP contribution in [0.5, 0.6) is 0 Å². The average molecular weight is 386 g/mol. The first kappa shape index (κ1) is 19.3. The Hall–Kier alpha value is -1.76. The molecule has 3 N–H and O–H groups in total. The number of halogens is 1. The zero-order chi connectivity index (χ0) is 17.6. The van der Waals surface area contributed by atoms with Crippen molar-refractivity contribution in [2.24, 2.45) is 0 Å². The maximum Gasteiger partial charge on any atom is 0.408 e. The van der Waals surface area contributed by atoms with Gasteiger partial charge in [-0.25, -0.2) is 4.79 Å². The van der Waals surface area contributed by atoms with E-state index < -0.39 is 17.7 Å². The lowest BCUT2D eigenvalue weighted by molar-refractivity contribution is -0.117. The summed E-state index contributed by atoms with van der Waals surface area (Å²) in [6.07, 6.45) is -0.622. The second kappa shape index (κ2) is 8.19. The third-order valence-electron chi connectivity index (χ3n) is 2.73. The lowest BCUT2D eigenvalue weighted by Crippen LogP contribution is -2.44. The first-order valence-electron chi connectivity index (χ1n) is 7.46. The van der Waals surface area contributed by atoms with E-state index in [-0.39, 0.29) is 5.91 Å². The minimum Gasteiger partial charge on any atom is -0.444 e. The van der Waals surface area contributed by atoms with Crippen molar-refractivity contribution in [3.05, 3.63) is 22.7 Å². The number of benzene rings is 1. The van der Waals surface area contributed by atoms with Crippen LogP contribution in [0.1, 0.15) is 34.6 Å². The Kier molecular flexibility index (Phi) is 6.87. The van der Waals surface area contributed by atoms with Gasteiger partial charge in [0.25, 0.3) is 0 Å². The fourth-order valence-electron chi connectivity index (χ4n) is 1.75. The highest BCUT2D eigenvalue weighted by molar-refractivity contribution is 9.10. The van der Waals surface area contributed by atoms with Crippen LogP contribution in [0.2, 0.25) is 0 Å². The van der Waals surface area contributed by atoms with Crippen molar-refractivity contribution in [3.8, 4) is 0 Å². The predicted octanol–water partition coefficient (Wildman–Crippen LogP) is 3.73. The zero-order valence-electron chi connectivity index (χ0n) is 14.1. The van der Waals surface area contributed by atoms with Gasteiger partial charge in [-0.05, 0) is 52.8 Å². The summed E-state index contributed by atoms with van der Waals surface area (Å²) in [5, 5.41) is 8.49. The van der Waals surface area contributed by atoms with Crippen molar-refractivity contribution in [1.29, 1.82) is 0 Å². The van der Waals surface area contributed by atoms with Crippen LogP contribution in [0, 0.1) is 0 Å². The molecule has 0 fully saturated rings. The molecule has 0 aliphatic carbocycles. The molecule has 1 aromatic rings. The van der Waals surface area contributed by atoms with Crippen LogP contribution < -0.4 is 16.0 Å². The average Bonchev–Trinajstić information content (AvgIpc) is 2.39. The van der Waals surface area contributed by atoms with E-state index in [4.69, 9.17) is 4.74 Å². The van der Waals surface area contributed by atoms with Crippen LogP contribution >= 0.6 is 15.9 Å². The first-order valence-corrected chi connectivity index (χ1v) is 8.25. The van der Waals surface area contributed by atoms with Gasteiger partial charge in [0.2, 0.25) is 5.91 Å². The number of nitrogens with one attached hydrogen (secondary N) is 3. The fraction of sp³-hybridized carbons (Fsp3) is 0.500. The molecule has 23 heavy (non-hydrogen) atoms. The van der Waals surface area contributed by atoms with Crippen LogP contribution in [-0.2, 0) is 9.53 Å². The molecule has 0 unspecified atom stereocenters. The summed E-state index contributed by atoms with van der Waals surface area (Å²) in [6, 6.07) is 4.79. The summed E-state index contributed by atoms with van der Waals surface area (Å²) in [4.78, 5) is 23.9. The van der Waals surface area contributed by atoms with Crippen molar-refractivity contribution in [2.45, 2.75) is 46.3 Å². The summed E-state index contributed by atoms with van der Waals surface area (Å²) >= 11 is 3.40. The molecule has 7 heteroatoms. The molecule has 0 aliphatic rings. The lowest BCUT2D eigenvalue weighted by atomic mass is 10.2. The molecule has 0 aliphatic heterocycles. The van der Waals surface area contributed by atoms with Crippen LogP contribution in [0.3, 0.4) is 0 Å². The molecule has 2 amide bonds. The van der Waals surface area contributed by atoms with Crippen molar-refractivity contribution in [2.75, 3.05) is 17.2 Å². The number of carbonyl (C=O) groups excluding carboxylic acids is 2.